The second kappa shape index (κ2) is 6.55. The fraction of sp³-hybridized carbons (Fsp3) is 0.467. The standard InChI is InChI=1S/C15H20ClN3S/c1-5-6-13-18-14(16)10(3)15(19-13)17-11(4)12-8-7-9(2)20-12/h7-8,11H,5-6H2,1-4H3,(H,17,18,19). The van der Waals surface area contributed by atoms with Gasteiger partial charge in [0, 0.05) is 21.7 Å². The Hall–Kier alpha value is -1.13. The predicted octanol–water partition coefficient (Wildman–Crippen LogP) is 4.93. The van der Waals surface area contributed by atoms with Gasteiger partial charge in [0.05, 0.1) is 6.04 Å². The average molecular weight is 310 g/mol. The molecule has 0 fully saturated rings. The molecule has 2 aromatic heterocycles. The van der Waals surface area contributed by atoms with Crippen molar-refractivity contribution in [3.8, 4) is 0 Å². The van der Waals surface area contributed by atoms with E-state index < -0.39 is 0 Å². The van der Waals surface area contributed by atoms with Gasteiger partial charge in [-0.1, -0.05) is 18.5 Å². The van der Waals surface area contributed by atoms with Gasteiger partial charge in [0.25, 0.3) is 0 Å². The molecular weight excluding hydrogens is 290 g/mol. The van der Waals surface area contributed by atoms with E-state index in [1.54, 1.807) is 11.3 Å². The van der Waals surface area contributed by atoms with Crippen LogP contribution in [0, 0.1) is 13.8 Å². The zero-order chi connectivity index (χ0) is 14.7. The highest BCUT2D eigenvalue weighted by molar-refractivity contribution is 7.12. The highest BCUT2D eigenvalue weighted by Gasteiger charge is 2.13. The molecule has 0 saturated heterocycles. The molecule has 0 aromatic carbocycles. The van der Waals surface area contributed by atoms with Gasteiger partial charge in [0.15, 0.2) is 0 Å². The van der Waals surface area contributed by atoms with Crippen molar-refractivity contribution in [2.24, 2.45) is 0 Å². The molecule has 2 aromatic rings. The van der Waals surface area contributed by atoms with E-state index in [9.17, 15) is 0 Å². The van der Waals surface area contributed by atoms with Gasteiger partial charge >= 0.3 is 0 Å². The van der Waals surface area contributed by atoms with Crippen molar-refractivity contribution < 1.29 is 0 Å². The molecule has 1 N–H and O–H groups in total. The summed E-state index contributed by atoms with van der Waals surface area (Å²) in [6, 6.07) is 4.51. The van der Waals surface area contributed by atoms with E-state index in [-0.39, 0.29) is 6.04 Å². The minimum absolute atomic E-state index is 0.216. The van der Waals surface area contributed by atoms with E-state index in [2.05, 4.69) is 48.2 Å². The Balaban J connectivity index is 2.23. The fourth-order valence-electron chi connectivity index (χ4n) is 1.97. The van der Waals surface area contributed by atoms with Crippen molar-refractivity contribution in [2.75, 3.05) is 5.32 Å². The maximum Gasteiger partial charge on any atom is 0.137 e. The van der Waals surface area contributed by atoms with Gasteiger partial charge in [0.1, 0.15) is 16.8 Å². The summed E-state index contributed by atoms with van der Waals surface area (Å²) in [4.78, 5) is 11.5. The molecule has 20 heavy (non-hydrogen) atoms. The van der Waals surface area contributed by atoms with E-state index in [4.69, 9.17) is 11.6 Å². The molecule has 2 rings (SSSR count). The molecule has 1 atom stereocenters. The van der Waals surface area contributed by atoms with Crippen molar-refractivity contribution in [3.63, 3.8) is 0 Å². The Bertz CT molecular complexity index is 595. The van der Waals surface area contributed by atoms with Gasteiger partial charge in [-0.2, -0.15) is 0 Å². The maximum atomic E-state index is 6.20. The van der Waals surface area contributed by atoms with Crippen LogP contribution in [-0.4, -0.2) is 9.97 Å². The first-order chi connectivity index (χ1) is 9.51. The predicted molar refractivity (Wildman–Crippen MR) is 86.9 cm³/mol. The monoisotopic (exact) mass is 309 g/mol. The molecule has 0 radical (unpaired) electrons. The number of thiophene rings is 1. The third-order valence-corrected chi connectivity index (χ3v) is 4.70. The third kappa shape index (κ3) is 3.49. The van der Waals surface area contributed by atoms with Crippen LogP contribution in [0.1, 0.15) is 47.5 Å². The quantitative estimate of drug-likeness (QED) is 0.795. The van der Waals surface area contributed by atoms with Crippen LogP contribution in [0.5, 0.6) is 0 Å². The largest absolute Gasteiger partial charge is 0.362 e. The van der Waals surface area contributed by atoms with Gasteiger partial charge < -0.3 is 5.32 Å². The van der Waals surface area contributed by atoms with Crippen molar-refractivity contribution in [1.29, 1.82) is 0 Å². The number of halogens is 1. The van der Waals surface area contributed by atoms with Gasteiger partial charge in [-0.3, -0.25) is 0 Å². The van der Waals surface area contributed by atoms with Crippen molar-refractivity contribution >= 4 is 28.8 Å². The van der Waals surface area contributed by atoms with Crippen LogP contribution in [0.2, 0.25) is 5.15 Å². The first-order valence-electron chi connectivity index (χ1n) is 6.87. The zero-order valence-corrected chi connectivity index (χ0v) is 13.9. The second-order valence-corrected chi connectivity index (χ2v) is 6.65. The summed E-state index contributed by atoms with van der Waals surface area (Å²) >= 11 is 8.00. The molecular formula is C15H20ClN3S. The van der Waals surface area contributed by atoms with Crippen molar-refractivity contribution in [3.05, 3.63) is 38.4 Å². The summed E-state index contributed by atoms with van der Waals surface area (Å²) in [5, 5.41) is 4.00. The third-order valence-electron chi connectivity index (χ3n) is 3.15. The summed E-state index contributed by atoms with van der Waals surface area (Å²) in [5.41, 5.74) is 0.909. The molecule has 3 nitrogen and oxygen atoms in total. The highest BCUT2D eigenvalue weighted by Crippen LogP contribution is 2.28. The summed E-state index contributed by atoms with van der Waals surface area (Å²) in [7, 11) is 0. The molecule has 0 saturated carbocycles. The number of rotatable bonds is 5. The molecule has 0 spiro atoms. The Morgan fingerprint density at radius 3 is 2.65 bits per heavy atom. The van der Waals surface area contributed by atoms with Crippen LogP contribution >= 0.6 is 22.9 Å². The second-order valence-electron chi connectivity index (χ2n) is 4.97. The number of aromatic nitrogens is 2. The lowest BCUT2D eigenvalue weighted by Crippen LogP contribution is -2.10. The van der Waals surface area contributed by atoms with E-state index in [1.807, 2.05) is 6.92 Å². The lowest BCUT2D eigenvalue weighted by Gasteiger charge is -2.16. The Labute approximate surface area is 129 Å². The van der Waals surface area contributed by atoms with E-state index in [0.29, 0.717) is 5.15 Å². The molecule has 2 heterocycles. The first kappa shape index (κ1) is 15.3. The van der Waals surface area contributed by atoms with Crippen molar-refractivity contribution in [2.45, 2.75) is 46.6 Å². The van der Waals surface area contributed by atoms with Crippen LogP contribution in [0.25, 0.3) is 0 Å². The number of nitrogens with zero attached hydrogens (tertiary/aromatic N) is 2. The Morgan fingerprint density at radius 2 is 2.05 bits per heavy atom. The van der Waals surface area contributed by atoms with E-state index in [0.717, 1.165) is 30.0 Å². The minimum atomic E-state index is 0.216. The number of aryl methyl sites for hydroxylation is 2. The normalized spacial score (nSPS) is 12.4. The minimum Gasteiger partial charge on any atom is -0.362 e. The Morgan fingerprint density at radius 1 is 1.30 bits per heavy atom. The van der Waals surface area contributed by atoms with Crippen LogP contribution < -0.4 is 5.32 Å². The molecule has 1 unspecified atom stereocenters. The first-order valence-corrected chi connectivity index (χ1v) is 8.06. The fourth-order valence-corrected chi connectivity index (χ4v) is 3.04. The van der Waals surface area contributed by atoms with Gasteiger partial charge in [-0.25, -0.2) is 9.97 Å². The molecule has 108 valence electrons. The molecule has 5 heteroatoms. The number of nitrogens with one attached hydrogen (secondary N) is 1. The lowest BCUT2D eigenvalue weighted by atomic mass is 10.2. The van der Waals surface area contributed by atoms with Crippen LogP contribution in [0.3, 0.4) is 0 Å². The zero-order valence-electron chi connectivity index (χ0n) is 12.3. The number of hydrogen-bond donors (Lipinski definition) is 1. The van der Waals surface area contributed by atoms with Gasteiger partial charge in [0.2, 0.25) is 0 Å². The average Bonchev–Trinajstić information content (AvgIpc) is 2.82. The van der Waals surface area contributed by atoms with Gasteiger partial charge in [-0.15, -0.1) is 11.3 Å². The summed E-state index contributed by atoms with van der Waals surface area (Å²) in [6.45, 7) is 8.32. The van der Waals surface area contributed by atoms with Crippen molar-refractivity contribution in [1.82, 2.24) is 9.97 Å². The topological polar surface area (TPSA) is 37.8 Å². The van der Waals surface area contributed by atoms with Crippen LogP contribution in [-0.2, 0) is 6.42 Å². The van der Waals surface area contributed by atoms with Gasteiger partial charge in [-0.05, 0) is 39.3 Å². The lowest BCUT2D eigenvalue weighted by molar-refractivity contribution is 0.818. The van der Waals surface area contributed by atoms with E-state index >= 15 is 0 Å². The number of hydrogen-bond acceptors (Lipinski definition) is 4. The molecule has 0 bridgehead atoms. The van der Waals surface area contributed by atoms with Crippen LogP contribution in [0.15, 0.2) is 12.1 Å². The highest BCUT2D eigenvalue weighted by atomic mass is 35.5. The smallest absolute Gasteiger partial charge is 0.137 e. The Kier molecular flexibility index (Phi) is 5.00. The number of anilines is 1. The summed E-state index contributed by atoms with van der Waals surface area (Å²) in [6.07, 6.45) is 1.86. The van der Waals surface area contributed by atoms with Crippen LogP contribution in [0.4, 0.5) is 5.82 Å². The SMILES string of the molecule is CCCc1nc(Cl)c(C)c(NC(C)c2ccc(C)s2)n1. The summed E-state index contributed by atoms with van der Waals surface area (Å²) in [5.74, 6) is 1.65. The molecule has 0 aliphatic carbocycles. The maximum absolute atomic E-state index is 6.20. The molecule has 0 aliphatic heterocycles. The summed E-state index contributed by atoms with van der Waals surface area (Å²) < 4.78 is 0. The molecule has 0 amide bonds. The van der Waals surface area contributed by atoms with E-state index in [1.165, 1.54) is 9.75 Å². The molecule has 0 aliphatic rings.